The second-order valence-corrected chi connectivity index (χ2v) is 9.08. The van der Waals surface area contributed by atoms with Gasteiger partial charge < -0.3 is 15.3 Å². The number of carbonyl (C=O) groups excluding carboxylic acids is 1. The highest BCUT2D eigenvalue weighted by Crippen LogP contribution is 2.38. The van der Waals surface area contributed by atoms with E-state index >= 15 is 0 Å². The molecule has 2 aromatic carbocycles. The van der Waals surface area contributed by atoms with Gasteiger partial charge in [-0.25, -0.2) is 9.97 Å². The quantitative estimate of drug-likeness (QED) is 0.451. The van der Waals surface area contributed by atoms with Crippen molar-refractivity contribution in [2.75, 3.05) is 24.6 Å². The number of aliphatic hydroxyl groups is 1. The molecule has 0 aliphatic carbocycles. The number of hydrogen-bond acceptors (Lipinski definition) is 7. The molecule has 0 saturated heterocycles. The van der Waals surface area contributed by atoms with Gasteiger partial charge in [0.2, 0.25) is 0 Å². The first-order valence-corrected chi connectivity index (χ1v) is 11.5. The SMILES string of the molecule is O=C(c1ncc(CNCCO)s1)N1CCc2c(-c3ccc4scnc4c3)cccc21. The van der Waals surface area contributed by atoms with Gasteiger partial charge in [-0.2, -0.15) is 0 Å². The Morgan fingerprint density at radius 1 is 1.23 bits per heavy atom. The van der Waals surface area contributed by atoms with Gasteiger partial charge in [-0.05, 0) is 41.3 Å². The van der Waals surface area contributed by atoms with Gasteiger partial charge in [-0.1, -0.05) is 18.2 Å². The third-order valence-electron chi connectivity index (χ3n) is 5.24. The standard InChI is InChI=1S/C22H20N4O2S2/c27-9-7-23-11-15-12-24-21(30-15)22(28)26-8-6-17-16(2-1-3-19(17)26)14-4-5-20-18(10-14)25-13-29-20/h1-5,10,12-13,23,27H,6-9,11H2. The topological polar surface area (TPSA) is 78.3 Å². The van der Waals surface area contributed by atoms with E-state index in [2.05, 4.69) is 39.6 Å². The molecule has 152 valence electrons. The Labute approximate surface area is 181 Å². The van der Waals surface area contributed by atoms with Crippen LogP contribution in [-0.4, -0.2) is 40.7 Å². The fraction of sp³-hybridized carbons (Fsp3) is 0.227. The molecule has 0 fully saturated rings. The lowest BCUT2D eigenvalue weighted by Gasteiger charge is -2.16. The van der Waals surface area contributed by atoms with Crippen LogP contribution in [0.4, 0.5) is 5.69 Å². The third kappa shape index (κ3) is 3.52. The predicted molar refractivity (Wildman–Crippen MR) is 121 cm³/mol. The Hall–Kier alpha value is -2.65. The highest BCUT2D eigenvalue weighted by atomic mass is 32.1. The first-order chi connectivity index (χ1) is 14.7. The van der Waals surface area contributed by atoms with E-state index in [1.54, 1.807) is 17.5 Å². The molecular formula is C22H20N4O2S2. The molecule has 0 spiro atoms. The zero-order valence-corrected chi connectivity index (χ0v) is 17.8. The molecule has 5 rings (SSSR count). The van der Waals surface area contributed by atoms with Crippen LogP contribution >= 0.6 is 22.7 Å². The van der Waals surface area contributed by atoms with E-state index < -0.39 is 0 Å². The van der Waals surface area contributed by atoms with E-state index in [0.29, 0.717) is 24.6 Å². The van der Waals surface area contributed by atoms with Crippen molar-refractivity contribution in [2.24, 2.45) is 0 Å². The van der Waals surface area contributed by atoms with Gasteiger partial charge in [-0.15, -0.1) is 22.7 Å². The Morgan fingerprint density at radius 3 is 3.07 bits per heavy atom. The Kier molecular flexibility index (Phi) is 5.30. The van der Waals surface area contributed by atoms with Gasteiger partial charge in [-0.3, -0.25) is 4.79 Å². The molecule has 30 heavy (non-hydrogen) atoms. The number of thiazole rings is 2. The van der Waals surface area contributed by atoms with Crippen LogP contribution in [0.15, 0.2) is 48.1 Å². The van der Waals surface area contributed by atoms with Crippen molar-refractivity contribution in [3.05, 3.63) is 63.6 Å². The van der Waals surface area contributed by atoms with Crippen molar-refractivity contribution in [3.63, 3.8) is 0 Å². The van der Waals surface area contributed by atoms with Gasteiger partial charge in [0.15, 0.2) is 5.01 Å². The molecular weight excluding hydrogens is 416 g/mol. The minimum atomic E-state index is -0.0562. The van der Waals surface area contributed by atoms with E-state index in [9.17, 15) is 4.79 Å². The average Bonchev–Trinajstić information content (AvgIpc) is 3.51. The van der Waals surface area contributed by atoms with Crippen molar-refractivity contribution in [1.29, 1.82) is 0 Å². The molecule has 2 N–H and O–H groups in total. The summed E-state index contributed by atoms with van der Waals surface area (Å²) in [6, 6.07) is 12.5. The Bertz CT molecular complexity index is 1220. The normalized spacial score (nSPS) is 13.2. The highest BCUT2D eigenvalue weighted by Gasteiger charge is 2.29. The minimum absolute atomic E-state index is 0.0562. The summed E-state index contributed by atoms with van der Waals surface area (Å²) in [5.41, 5.74) is 7.32. The van der Waals surface area contributed by atoms with Crippen molar-refractivity contribution in [2.45, 2.75) is 13.0 Å². The van der Waals surface area contributed by atoms with Crippen LogP contribution in [-0.2, 0) is 13.0 Å². The minimum Gasteiger partial charge on any atom is -0.395 e. The molecule has 0 atom stereocenters. The van der Waals surface area contributed by atoms with Crippen LogP contribution in [0.5, 0.6) is 0 Å². The number of anilines is 1. The summed E-state index contributed by atoms with van der Waals surface area (Å²) in [5, 5.41) is 12.5. The predicted octanol–water partition coefficient (Wildman–Crippen LogP) is 3.70. The van der Waals surface area contributed by atoms with Crippen molar-refractivity contribution in [1.82, 2.24) is 15.3 Å². The van der Waals surface area contributed by atoms with E-state index in [1.165, 1.54) is 21.6 Å². The molecule has 2 aromatic heterocycles. The van der Waals surface area contributed by atoms with Crippen LogP contribution in [0.25, 0.3) is 21.3 Å². The second kappa shape index (κ2) is 8.23. The fourth-order valence-corrected chi connectivity index (χ4v) is 5.33. The lowest BCUT2D eigenvalue weighted by Crippen LogP contribution is -2.28. The maximum Gasteiger partial charge on any atom is 0.287 e. The van der Waals surface area contributed by atoms with Gasteiger partial charge >= 0.3 is 0 Å². The number of hydrogen-bond donors (Lipinski definition) is 2. The molecule has 0 bridgehead atoms. The first kappa shape index (κ1) is 19.3. The largest absolute Gasteiger partial charge is 0.395 e. The molecule has 0 unspecified atom stereocenters. The third-order valence-corrected chi connectivity index (χ3v) is 7.03. The van der Waals surface area contributed by atoms with Crippen molar-refractivity contribution < 1.29 is 9.90 Å². The van der Waals surface area contributed by atoms with Crippen LogP contribution in [0.1, 0.15) is 20.2 Å². The van der Waals surface area contributed by atoms with E-state index in [0.717, 1.165) is 33.6 Å². The van der Waals surface area contributed by atoms with Crippen LogP contribution in [0, 0.1) is 0 Å². The summed E-state index contributed by atoms with van der Waals surface area (Å²) in [7, 11) is 0. The van der Waals surface area contributed by atoms with Crippen LogP contribution in [0.3, 0.4) is 0 Å². The summed E-state index contributed by atoms with van der Waals surface area (Å²) in [6.07, 6.45) is 2.56. The van der Waals surface area contributed by atoms with Gasteiger partial charge in [0.25, 0.3) is 5.91 Å². The number of fused-ring (bicyclic) bond motifs is 2. The summed E-state index contributed by atoms with van der Waals surface area (Å²) in [4.78, 5) is 24.7. The number of benzene rings is 2. The molecule has 0 saturated carbocycles. The number of nitrogens with one attached hydrogen (secondary N) is 1. The summed E-state index contributed by atoms with van der Waals surface area (Å²) in [5.74, 6) is -0.0562. The molecule has 0 radical (unpaired) electrons. The molecule has 4 aromatic rings. The Morgan fingerprint density at radius 2 is 2.17 bits per heavy atom. The zero-order valence-electron chi connectivity index (χ0n) is 16.2. The molecule has 6 nitrogen and oxygen atoms in total. The summed E-state index contributed by atoms with van der Waals surface area (Å²) >= 11 is 3.04. The molecule has 1 amide bonds. The molecule has 1 aliphatic heterocycles. The van der Waals surface area contributed by atoms with Gasteiger partial charge in [0.05, 0.1) is 22.3 Å². The number of aliphatic hydroxyl groups excluding tert-OH is 1. The number of aromatic nitrogens is 2. The second-order valence-electron chi connectivity index (χ2n) is 7.08. The Balaban J connectivity index is 1.42. The smallest absolute Gasteiger partial charge is 0.287 e. The maximum atomic E-state index is 13.1. The van der Waals surface area contributed by atoms with Gasteiger partial charge in [0, 0.05) is 36.4 Å². The van der Waals surface area contributed by atoms with Crippen molar-refractivity contribution in [3.8, 4) is 11.1 Å². The number of amides is 1. The number of nitrogens with zero attached hydrogens (tertiary/aromatic N) is 3. The highest BCUT2D eigenvalue weighted by molar-refractivity contribution is 7.16. The molecule has 8 heteroatoms. The van der Waals surface area contributed by atoms with Crippen LogP contribution in [0.2, 0.25) is 0 Å². The van der Waals surface area contributed by atoms with Crippen LogP contribution < -0.4 is 10.2 Å². The maximum absolute atomic E-state index is 13.1. The van der Waals surface area contributed by atoms with E-state index in [4.69, 9.17) is 5.11 Å². The lowest BCUT2D eigenvalue weighted by atomic mass is 9.98. The number of rotatable bonds is 6. The van der Waals surface area contributed by atoms with E-state index in [1.807, 2.05) is 22.5 Å². The summed E-state index contributed by atoms with van der Waals surface area (Å²) in [6.45, 7) is 1.87. The lowest BCUT2D eigenvalue weighted by molar-refractivity contribution is 0.0989. The molecule has 3 heterocycles. The zero-order chi connectivity index (χ0) is 20.5. The molecule has 1 aliphatic rings. The number of carbonyl (C=O) groups is 1. The first-order valence-electron chi connectivity index (χ1n) is 9.78. The van der Waals surface area contributed by atoms with Gasteiger partial charge in [0.1, 0.15) is 0 Å². The fourth-order valence-electron chi connectivity index (χ4n) is 3.84. The van der Waals surface area contributed by atoms with E-state index in [-0.39, 0.29) is 12.5 Å². The monoisotopic (exact) mass is 436 g/mol. The average molecular weight is 437 g/mol. The summed E-state index contributed by atoms with van der Waals surface area (Å²) < 4.78 is 1.18. The van der Waals surface area contributed by atoms with Crippen molar-refractivity contribution >= 4 is 44.5 Å².